The normalized spacial score (nSPS) is 15.0. The number of carboxylic acid groups (broad SMARTS) is 1. The molecule has 0 radical (unpaired) electrons. The molecule has 4 aromatic rings. The van der Waals surface area contributed by atoms with Crippen molar-refractivity contribution in [1.29, 1.82) is 0 Å². The number of thioether (sulfide) groups is 1. The number of benzene rings is 4. The molecule has 4 aromatic carbocycles. The summed E-state index contributed by atoms with van der Waals surface area (Å²) < 4.78 is 5.22. The van der Waals surface area contributed by atoms with E-state index in [9.17, 15) is 43.5 Å². The van der Waals surface area contributed by atoms with Crippen molar-refractivity contribution in [2.75, 3.05) is 11.9 Å². The molecule has 8 N–H and O–H groups in total. The Kier molecular flexibility index (Phi) is 22.1. The van der Waals surface area contributed by atoms with Gasteiger partial charge in [-0.1, -0.05) is 109 Å². The Balaban J connectivity index is 1.31. The van der Waals surface area contributed by atoms with Gasteiger partial charge in [0.1, 0.15) is 35.8 Å². The van der Waals surface area contributed by atoms with Crippen molar-refractivity contribution in [3.63, 3.8) is 0 Å². The van der Waals surface area contributed by atoms with Crippen LogP contribution in [0.3, 0.4) is 0 Å². The topological polar surface area (TPSA) is 250 Å². The van der Waals surface area contributed by atoms with Gasteiger partial charge < -0.3 is 47.1 Å². The highest BCUT2D eigenvalue weighted by molar-refractivity contribution is 8.03. The molecule has 0 aliphatic carbocycles. The third-order valence-electron chi connectivity index (χ3n) is 11.6. The number of anilines is 1. The minimum atomic E-state index is -1.30. The minimum absolute atomic E-state index is 0.0151. The predicted molar refractivity (Wildman–Crippen MR) is 281 cm³/mol. The summed E-state index contributed by atoms with van der Waals surface area (Å²) in [5.74, 6) is -5.07. The zero-order chi connectivity index (χ0) is 52.8. The summed E-state index contributed by atoms with van der Waals surface area (Å²) in [7, 11) is 0. The number of hydrogen-bond acceptors (Lipinski definition) is 10. The van der Waals surface area contributed by atoms with Crippen LogP contribution in [-0.4, -0.2) is 100 Å². The van der Waals surface area contributed by atoms with Crippen LogP contribution in [0.5, 0.6) is 0 Å². The number of ether oxygens (including phenoxy) is 1. The van der Waals surface area contributed by atoms with Crippen LogP contribution >= 0.6 is 11.8 Å². The minimum Gasteiger partial charge on any atom is -0.480 e. The van der Waals surface area contributed by atoms with Crippen molar-refractivity contribution < 1.29 is 48.2 Å². The van der Waals surface area contributed by atoms with Crippen LogP contribution in [0.4, 0.5) is 10.5 Å². The molecule has 7 amide bonds. The first kappa shape index (κ1) is 56.4. The van der Waals surface area contributed by atoms with Crippen molar-refractivity contribution in [2.45, 2.75) is 127 Å². The van der Waals surface area contributed by atoms with E-state index < -0.39 is 77.4 Å². The number of carboxylic acids is 1. The molecule has 0 saturated carbocycles. The lowest BCUT2D eigenvalue weighted by Gasteiger charge is -2.27. The Morgan fingerprint density at radius 1 is 0.616 bits per heavy atom. The second kappa shape index (κ2) is 28.5. The number of carbonyl (C=O) groups excluding carboxylic acids is 7. The summed E-state index contributed by atoms with van der Waals surface area (Å²) in [5.41, 5.74) is 3.17. The molecule has 5 rings (SSSR count). The molecule has 18 heteroatoms. The maximum atomic E-state index is 14.7. The van der Waals surface area contributed by atoms with Gasteiger partial charge in [0, 0.05) is 43.2 Å². The summed E-state index contributed by atoms with van der Waals surface area (Å²) in [5, 5.41) is 30.8. The number of para-hydroxylation sites is 1. The quantitative estimate of drug-likeness (QED) is 0.0330. The number of carbonyl (C=O) groups is 8. The SMILES string of the molecule is C[C@H](NC(=O)[C@@H](Cc1ccccc1)NC(=O)[C@H](Cc1ccc(-c2ccccc2)cc1)NC(=O)[C@@H](CC1CC=CS1)NC(=O)CCC(=O)Nc1ccccc1)C(=O)N[C@@H](CCCCNC(=O)OC(C)(C)C)C(=O)O. The van der Waals surface area contributed by atoms with E-state index in [2.05, 4.69) is 37.2 Å². The second-order valence-electron chi connectivity index (χ2n) is 18.8. The van der Waals surface area contributed by atoms with Crippen LogP contribution in [-0.2, 0) is 51.1 Å². The van der Waals surface area contributed by atoms with Gasteiger partial charge in [0.2, 0.25) is 35.4 Å². The van der Waals surface area contributed by atoms with E-state index in [1.54, 1.807) is 75.4 Å². The monoisotopic (exact) mass is 1020 g/mol. The first-order chi connectivity index (χ1) is 34.9. The molecule has 0 bridgehead atoms. The Bertz CT molecular complexity index is 2500. The summed E-state index contributed by atoms with van der Waals surface area (Å²) in [6, 6.07) is 28.7. The van der Waals surface area contributed by atoms with Crippen molar-refractivity contribution in [3.05, 3.63) is 138 Å². The molecule has 0 aromatic heterocycles. The molecule has 1 unspecified atom stereocenters. The number of amides is 7. The van der Waals surface area contributed by atoms with Crippen molar-refractivity contribution in [3.8, 4) is 11.1 Å². The van der Waals surface area contributed by atoms with Gasteiger partial charge in [-0.25, -0.2) is 9.59 Å². The third-order valence-corrected chi connectivity index (χ3v) is 12.7. The standard InChI is InChI=1S/C55H67N7O10S/c1-36(49(65)60-43(53(69)70)24-14-15-31-56-54(71)72-55(2,3)4)57-50(66)44(33-37-17-8-5-9-18-37)61-51(67)45(34-38-25-27-40(28-26-38)39-19-10-6-11-20-39)62-52(68)46(35-42-23-16-32-73-42)59-48(64)30-29-47(63)58-41-21-12-7-13-22-41/h5-13,16-22,25-28,32,36,42-46H,14-15,23-24,29-31,33-35H2,1-4H3,(H,56,71)(H,57,66)(H,58,63)(H,59,64)(H,60,65)(H,61,67)(H,62,68)(H,69,70)/t36-,42?,43-,44+,45-,46+/m0/s1. The zero-order valence-electron chi connectivity index (χ0n) is 41.7. The molecular weight excluding hydrogens is 951 g/mol. The molecule has 0 saturated heterocycles. The number of aliphatic carboxylic acids is 1. The van der Waals surface area contributed by atoms with E-state index in [0.717, 1.165) is 11.1 Å². The van der Waals surface area contributed by atoms with Crippen LogP contribution in [0.2, 0.25) is 0 Å². The molecule has 17 nitrogen and oxygen atoms in total. The van der Waals surface area contributed by atoms with Gasteiger partial charge in [0.15, 0.2) is 0 Å². The van der Waals surface area contributed by atoms with Crippen LogP contribution < -0.4 is 37.2 Å². The molecule has 1 aliphatic heterocycles. The lowest BCUT2D eigenvalue weighted by molar-refractivity contribution is -0.142. The highest BCUT2D eigenvalue weighted by Crippen LogP contribution is 2.28. The smallest absolute Gasteiger partial charge is 0.407 e. The highest BCUT2D eigenvalue weighted by atomic mass is 32.2. The second-order valence-corrected chi connectivity index (χ2v) is 20.0. The molecule has 6 atom stereocenters. The number of hydrogen-bond donors (Lipinski definition) is 8. The van der Waals surface area contributed by atoms with Gasteiger partial charge in [-0.15, -0.1) is 11.8 Å². The lowest BCUT2D eigenvalue weighted by atomic mass is 9.99. The Morgan fingerprint density at radius 2 is 1.15 bits per heavy atom. The Hall–Kier alpha value is -7.47. The molecule has 73 heavy (non-hydrogen) atoms. The fourth-order valence-electron chi connectivity index (χ4n) is 7.74. The fourth-order valence-corrected chi connectivity index (χ4v) is 8.71. The van der Waals surface area contributed by atoms with E-state index in [4.69, 9.17) is 4.74 Å². The van der Waals surface area contributed by atoms with Crippen LogP contribution in [0.25, 0.3) is 11.1 Å². The average molecular weight is 1020 g/mol. The molecular formula is C55H67N7O10S. The first-order valence-electron chi connectivity index (χ1n) is 24.5. The van der Waals surface area contributed by atoms with Crippen molar-refractivity contribution in [1.82, 2.24) is 31.9 Å². The van der Waals surface area contributed by atoms with Gasteiger partial charge >= 0.3 is 12.1 Å². The van der Waals surface area contributed by atoms with Gasteiger partial charge in [-0.3, -0.25) is 28.8 Å². The van der Waals surface area contributed by atoms with Crippen molar-refractivity contribution >= 4 is 65.0 Å². The maximum absolute atomic E-state index is 14.7. The van der Waals surface area contributed by atoms with E-state index in [-0.39, 0.29) is 56.2 Å². The number of rotatable bonds is 26. The van der Waals surface area contributed by atoms with Gasteiger partial charge in [-0.2, -0.15) is 0 Å². The van der Waals surface area contributed by atoms with E-state index in [1.165, 1.54) is 18.7 Å². The molecule has 0 spiro atoms. The van der Waals surface area contributed by atoms with Crippen LogP contribution in [0, 0.1) is 0 Å². The Morgan fingerprint density at radius 3 is 1.74 bits per heavy atom. The van der Waals surface area contributed by atoms with Crippen LogP contribution in [0.1, 0.15) is 83.8 Å². The molecule has 1 heterocycles. The number of unbranched alkanes of at least 4 members (excludes halogenated alkanes) is 1. The first-order valence-corrected chi connectivity index (χ1v) is 25.4. The summed E-state index contributed by atoms with van der Waals surface area (Å²) in [6.07, 6.45) is 2.67. The molecule has 388 valence electrons. The van der Waals surface area contributed by atoms with Crippen LogP contribution in [0.15, 0.2) is 127 Å². The maximum Gasteiger partial charge on any atom is 0.407 e. The zero-order valence-corrected chi connectivity index (χ0v) is 42.5. The Labute approximate surface area is 430 Å². The average Bonchev–Trinajstić information content (AvgIpc) is 3.88. The number of nitrogens with one attached hydrogen (secondary N) is 7. The number of alkyl carbamates (subject to hydrolysis) is 1. The van der Waals surface area contributed by atoms with Gasteiger partial charge in [-0.05, 0) is 99.6 Å². The summed E-state index contributed by atoms with van der Waals surface area (Å²) >= 11 is 1.52. The molecule has 0 fully saturated rings. The van der Waals surface area contributed by atoms with Gasteiger partial charge in [0.05, 0.1) is 0 Å². The highest BCUT2D eigenvalue weighted by Gasteiger charge is 2.33. The van der Waals surface area contributed by atoms with Gasteiger partial charge in [0.25, 0.3) is 0 Å². The molecule has 1 aliphatic rings. The summed E-state index contributed by atoms with van der Waals surface area (Å²) in [6.45, 7) is 6.83. The lowest BCUT2D eigenvalue weighted by Crippen LogP contribution is -2.59. The number of allylic oxidation sites excluding steroid dienone is 1. The fraction of sp³-hybridized carbons (Fsp3) is 0.382. The summed E-state index contributed by atoms with van der Waals surface area (Å²) in [4.78, 5) is 107. The van der Waals surface area contributed by atoms with E-state index >= 15 is 0 Å². The third kappa shape index (κ3) is 20.3. The van der Waals surface area contributed by atoms with Crippen molar-refractivity contribution in [2.24, 2.45) is 0 Å². The largest absolute Gasteiger partial charge is 0.480 e. The predicted octanol–water partition coefficient (Wildman–Crippen LogP) is 6.19. The van der Waals surface area contributed by atoms with E-state index in [0.29, 0.717) is 36.1 Å². The van der Waals surface area contributed by atoms with E-state index in [1.807, 2.05) is 72.1 Å².